The van der Waals surface area contributed by atoms with Crippen LogP contribution >= 0.6 is 0 Å². The monoisotopic (exact) mass is 369 g/mol. The number of rotatable bonds is 5. The molecule has 0 radical (unpaired) electrons. The fourth-order valence-corrected chi connectivity index (χ4v) is 3.40. The Bertz CT molecular complexity index is 859. The van der Waals surface area contributed by atoms with Crippen molar-refractivity contribution in [3.05, 3.63) is 29.5 Å². The molecule has 1 fully saturated rings. The number of carbonyl (C=O) groups excluding carboxylic acids is 2. The number of hydrogen-bond acceptors (Lipinski definition) is 5. The van der Waals surface area contributed by atoms with Crippen LogP contribution in [-0.4, -0.2) is 40.4 Å². The van der Waals surface area contributed by atoms with Crippen LogP contribution in [0.25, 0.3) is 11.0 Å². The van der Waals surface area contributed by atoms with E-state index in [4.69, 9.17) is 0 Å². The summed E-state index contributed by atoms with van der Waals surface area (Å²) in [5.74, 6) is -0.00405. The van der Waals surface area contributed by atoms with Gasteiger partial charge in [0.05, 0.1) is 6.04 Å². The fourth-order valence-electron chi connectivity index (χ4n) is 3.40. The van der Waals surface area contributed by atoms with E-state index in [1.54, 1.807) is 6.07 Å². The predicted molar refractivity (Wildman–Crippen MR) is 105 cm³/mol. The largest absolute Gasteiger partial charge is 0.343 e. The number of carbonyl (C=O) groups is 2. The van der Waals surface area contributed by atoms with Crippen LogP contribution in [0, 0.1) is 19.8 Å². The maximum atomic E-state index is 12.8. The Balaban J connectivity index is 1.75. The molecule has 2 aromatic rings. The van der Waals surface area contributed by atoms with Crippen molar-refractivity contribution in [3.63, 3.8) is 0 Å². The van der Waals surface area contributed by atoms with Crippen LogP contribution in [0.3, 0.4) is 0 Å². The number of fused-ring (bicyclic) bond motifs is 1. The maximum Gasteiger partial charge on any atom is 0.248 e. The molecule has 2 aromatic heterocycles. The Morgan fingerprint density at radius 1 is 1.22 bits per heavy atom. The number of aromatic nitrogens is 2. The van der Waals surface area contributed by atoms with E-state index in [1.807, 2.05) is 39.8 Å². The molecule has 27 heavy (non-hydrogen) atoms. The Kier molecular flexibility index (Phi) is 5.70. The highest BCUT2D eigenvalue weighted by atomic mass is 16.2. The Labute approximate surface area is 159 Å². The third-order valence-corrected chi connectivity index (χ3v) is 4.88. The van der Waals surface area contributed by atoms with Crippen LogP contribution < -0.4 is 16.0 Å². The average Bonchev–Trinajstić information content (AvgIpc) is 3.13. The second kappa shape index (κ2) is 8.00. The molecular weight excluding hydrogens is 342 g/mol. The van der Waals surface area contributed by atoms with Gasteiger partial charge in [-0.3, -0.25) is 9.59 Å². The lowest BCUT2D eigenvalue weighted by Gasteiger charge is -2.23. The van der Waals surface area contributed by atoms with E-state index < -0.39 is 6.04 Å². The highest BCUT2D eigenvalue weighted by Gasteiger charge is 2.29. The zero-order valence-corrected chi connectivity index (χ0v) is 16.3. The summed E-state index contributed by atoms with van der Waals surface area (Å²) in [6, 6.07) is 4.84. The van der Waals surface area contributed by atoms with Crippen molar-refractivity contribution >= 4 is 28.7 Å². The first-order valence-electron chi connectivity index (χ1n) is 9.45. The highest BCUT2D eigenvalue weighted by Crippen LogP contribution is 2.19. The van der Waals surface area contributed by atoms with Gasteiger partial charge < -0.3 is 16.0 Å². The molecule has 1 aliphatic heterocycles. The predicted octanol–water partition coefficient (Wildman–Crippen LogP) is 2.08. The molecule has 3 heterocycles. The first kappa shape index (κ1) is 19.2. The number of nitrogens with one attached hydrogen (secondary N) is 3. The van der Waals surface area contributed by atoms with Crippen LogP contribution in [0.15, 0.2) is 18.2 Å². The van der Waals surface area contributed by atoms with Gasteiger partial charge in [0.2, 0.25) is 11.8 Å². The summed E-state index contributed by atoms with van der Waals surface area (Å²) in [6.45, 7) is 8.59. The molecule has 0 aromatic carbocycles. The van der Waals surface area contributed by atoms with Gasteiger partial charge in [-0.15, -0.1) is 0 Å². The molecule has 3 N–H and O–H groups in total. The van der Waals surface area contributed by atoms with Gasteiger partial charge >= 0.3 is 0 Å². The summed E-state index contributed by atoms with van der Waals surface area (Å²) in [7, 11) is 0. The van der Waals surface area contributed by atoms with E-state index in [-0.39, 0.29) is 23.8 Å². The SMILES string of the molecule is Cc1cc(C)c2ccc(NC(=O)[C@@H](NC(=O)[C@H]3CCCN3)C(C)C)nc2n1. The summed E-state index contributed by atoms with van der Waals surface area (Å²) in [5, 5.41) is 9.82. The van der Waals surface area contributed by atoms with Crippen LogP contribution in [0.2, 0.25) is 0 Å². The minimum Gasteiger partial charge on any atom is -0.343 e. The van der Waals surface area contributed by atoms with E-state index in [1.165, 1.54) is 0 Å². The molecular formula is C20H27N5O2. The molecule has 1 saturated heterocycles. The summed E-state index contributed by atoms with van der Waals surface area (Å²) in [4.78, 5) is 34.1. The van der Waals surface area contributed by atoms with E-state index in [0.717, 1.165) is 36.0 Å². The second-order valence-corrected chi connectivity index (χ2v) is 7.52. The van der Waals surface area contributed by atoms with Crippen molar-refractivity contribution in [2.45, 2.75) is 52.6 Å². The summed E-state index contributed by atoms with van der Waals surface area (Å²) in [6.07, 6.45) is 1.78. The van der Waals surface area contributed by atoms with Gasteiger partial charge in [-0.2, -0.15) is 0 Å². The van der Waals surface area contributed by atoms with E-state index >= 15 is 0 Å². The summed E-state index contributed by atoms with van der Waals surface area (Å²) in [5.41, 5.74) is 2.58. The molecule has 2 amide bonds. The molecule has 2 atom stereocenters. The lowest BCUT2D eigenvalue weighted by molar-refractivity contribution is -0.128. The van der Waals surface area contributed by atoms with Crippen molar-refractivity contribution in [2.75, 3.05) is 11.9 Å². The van der Waals surface area contributed by atoms with Crippen LogP contribution in [0.1, 0.15) is 37.9 Å². The topological polar surface area (TPSA) is 96.0 Å². The number of amides is 2. The van der Waals surface area contributed by atoms with Gasteiger partial charge in [0.15, 0.2) is 5.65 Å². The van der Waals surface area contributed by atoms with Gasteiger partial charge in [0.25, 0.3) is 0 Å². The number of nitrogens with zero attached hydrogens (tertiary/aromatic N) is 2. The van der Waals surface area contributed by atoms with Gasteiger partial charge in [0.1, 0.15) is 11.9 Å². The molecule has 3 rings (SSSR count). The normalized spacial score (nSPS) is 17.9. The number of hydrogen-bond donors (Lipinski definition) is 3. The van der Waals surface area contributed by atoms with Gasteiger partial charge in [-0.05, 0) is 62.9 Å². The number of anilines is 1. The fraction of sp³-hybridized carbons (Fsp3) is 0.500. The molecule has 0 unspecified atom stereocenters. The van der Waals surface area contributed by atoms with E-state index in [0.29, 0.717) is 11.5 Å². The molecule has 7 heteroatoms. The Morgan fingerprint density at radius 2 is 2.00 bits per heavy atom. The molecule has 0 bridgehead atoms. The van der Waals surface area contributed by atoms with Crippen molar-refractivity contribution in [2.24, 2.45) is 5.92 Å². The van der Waals surface area contributed by atoms with Crippen molar-refractivity contribution < 1.29 is 9.59 Å². The first-order valence-corrected chi connectivity index (χ1v) is 9.45. The van der Waals surface area contributed by atoms with Crippen LogP contribution in [-0.2, 0) is 9.59 Å². The Hall–Kier alpha value is -2.54. The van der Waals surface area contributed by atoms with Gasteiger partial charge in [0, 0.05) is 11.1 Å². The quantitative estimate of drug-likeness (QED) is 0.750. The van der Waals surface area contributed by atoms with Crippen LogP contribution in [0.4, 0.5) is 5.82 Å². The minimum absolute atomic E-state index is 0.0431. The minimum atomic E-state index is -0.621. The summed E-state index contributed by atoms with van der Waals surface area (Å²) < 4.78 is 0. The lowest BCUT2D eigenvalue weighted by atomic mass is 10.0. The third-order valence-electron chi connectivity index (χ3n) is 4.88. The van der Waals surface area contributed by atoms with Crippen molar-refractivity contribution in [1.29, 1.82) is 0 Å². The smallest absolute Gasteiger partial charge is 0.248 e. The van der Waals surface area contributed by atoms with Crippen molar-refractivity contribution in [1.82, 2.24) is 20.6 Å². The lowest BCUT2D eigenvalue weighted by Crippen LogP contribution is -2.52. The Morgan fingerprint density at radius 3 is 2.67 bits per heavy atom. The average molecular weight is 369 g/mol. The van der Waals surface area contributed by atoms with E-state index in [9.17, 15) is 9.59 Å². The first-order chi connectivity index (χ1) is 12.8. The van der Waals surface area contributed by atoms with E-state index in [2.05, 4.69) is 25.9 Å². The van der Waals surface area contributed by atoms with Gasteiger partial charge in [-0.1, -0.05) is 13.8 Å². The zero-order valence-electron chi connectivity index (χ0n) is 16.3. The van der Waals surface area contributed by atoms with Crippen molar-refractivity contribution in [3.8, 4) is 0 Å². The molecule has 144 valence electrons. The van der Waals surface area contributed by atoms with Gasteiger partial charge in [-0.25, -0.2) is 9.97 Å². The molecule has 0 aliphatic carbocycles. The number of aryl methyl sites for hydroxylation is 2. The standard InChI is InChI=1S/C20H27N5O2/c1-11(2)17(25-19(26)15-6-5-9-21-15)20(27)24-16-8-7-14-12(3)10-13(4)22-18(14)23-16/h7-8,10-11,15,17,21H,5-6,9H2,1-4H3,(H,25,26)(H,22,23,24,27)/t15-,17+/m1/s1. The second-order valence-electron chi connectivity index (χ2n) is 7.52. The molecule has 7 nitrogen and oxygen atoms in total. The molecule has 1 aliphatic rings. The summed E-state index contributed by atoms with van der Waals surface area (Å²) >= 11 is 0. The zero-order chi connectivity index (χ0) is 19.6. The maximum absolute atomic E-state index is 12.8. The highest BCUT2D eigenvalue weighted by molar-refractivity contribution is 5.98. The molecule has 0 saturated carbocycles. The number of pyridine rings is 2. The van der Waals surface area contributed by atoms with Crippen LogP contribution in [0.5, 0.6) is 0 Å². The molecule has 0 spiro atoms. The third kappa shape index (κ3) is 4.42.